The van der Waals surface area contributed by atoms with Crippen LogP contribution in [0.25, 0.3) is 0 Å². The summed E-state index contributed by atoms with van der Waals surface area (Å²) in [7, 11) is 0. The first-order chi connectivity index (χ1) is 5.24. The molecule has 11 heavy (non-hydrogen) atoms. The Kier molecular flexibility index (Phi) is 3.16. The number of halogens is 1. The van der Waals surface area contributed by atoms with Gasteiger partial charge in [-0.2, -0.15) is 5.26 Å². The molecule has 1 saturated heterocycles. The van der Waals surface area contributed by atoms with Crippen LogP contribution in [-0.4, -0.2) is 29.4 Å². The van der Waals surface area contributed by atoms with Crippen LogP contribution >= 0.6 is 11.6 Å². The Morgan fingerprint density at radius 2 is 2.55 bits per heavy atom. The largest absolute Gasteiger partial charge is 0.298 e. The number of alkyl halides is 1. The highest BCUT2D eigenvalue weighted by Gasteiger charge is 2.21. The van der Waals surface area contributed by atoms with Gasteiger partial charge in [-0.05, 0) is 26.3 Å². The summed E-state index contributed by atoms with van der Waals surface area (Å²) in [5.41, 5.74) is 0. The molecule has 0 bridgehead atoms. The van der Waals surface area contributed by atoms with Crippen LogP contribution in [0.3, 0.4) is 0 Å². The molecule has 62 valence electrons. The van der Waals surface area contributed by atoms with E-state index in [-0.39, 0.29) is 5.38 Å². The highest BCUT2D eigenvalue weighted by molar-refractivity contribution is 6.22. The summed E-state index contributed by atoms with van der Waals surface area (Å²) in [4.78, 5) is 2.28. The summed E-state index contributed by atoms with van der Waals surface area (Å²) in [6.45, 7) is 4.01. The lowest BCUT2D eigenvalue weighted by atomic mass is 10.2. The molecule has 2 nitrogen and oxygen atoms in total. The van der Waals surface area contributed by atoms with E-state index in [1.807, 2.05) is 6.07 Å². The van der Waals surface area contributed by atoms with E-state index in [4.69, 9.17) is 16.9 Å². The minimum atomic E-state index is -0.337. The van der Waals surface area contributed by atoms with Gasteiger partial charge in [-0.15, -0.1) is 11.6 Å². The zero-order valence-corrected chi connectivity index (χ0v) is 7.51. The minimum absolute atomic E-state index is 0.337. The van der Waals surface area contributed by atoms with Crippen LogP contribution < -0.4 is 0 Å². The van der Waals surface area contributed by atoms with Gasteiger partial charge in [0.25, 0.3) is 0 Å². The van der Waals surface area contributed by atoms with E-state index in [0.717, 1.165) is 13.1 Å². The fourth-order valence-corrected chi connectivity index (χ4v) is 1.69. The van der Waals surface area contributed by atoms with Crippen molar-refractivity contribution in [3.63, 3.8) is 0 Å². The molecule has 1 aliphatic heterocycles. The summed E-state index contributed by atoms with van der Waals surface area (Å²) in [5.74, 6) is 0. The quantitative estimate of drug-likeness (QED) is 0.592. The maximum atomic E-state index is 8.47. The van der Waals surface area contributed by atoms with E-state index >= 15 is 0 Å². The third-order valence-corrected chi connectivity index (χ3v) is 2.46. The van der Waals surface area contributed by atoms with E-state index in [1.54, 1.807) is 0 Å². The van der Waals surface area contributed by atoms with Crippen molar-refractivity contribution < 1.29 is 0 Å². The second kappa shape index (κ2) is 3.94. The molecule has 1 rings (SSSR count). The number of rotatable bonds is 2. The summed E-state index contributed by atoms with van der Waals surface area (Å²) in [6.07, 6.45) is 2.49. The highest BCUT2D eigenvalue weighted by atomic mass is 35.5. The topological polar surface area (TPSA) is 27.0 Å². The molecule has 2 atom stereocenters. The van der Waals surface area contributed by atoms with E-state index in [9.17, 15) is 0 Å². The Morgan fingerprint density at radius 3 is 3.00 bits per heavy atom. The van der Waals surface area contributed by atoms with Gasteiger partial charge in [0.05, 0.1) is 6.07 Å². The molecule has 0 N–H and O–H groups in total. The van der Waals surface area contributed by atoms with E-state index in [0.29, 0.717) is 6.04 Å². The normalized spacial score (nSPS) is 28.3. The first kappa shape index (κ1) is 8.83. The molecule has 0 saturated carbocycles. The molecule has 0 radical (unpaired) electrons. The Morgan fingerprint density at radius 1 is 1.82 bits per heavy atom. The van der Waals surface area contributed by atoms with E-state index in [2.05, 4.69) is 11.8 Å². The third kappa shape index (κ3) is 2.36. The number of nitriles is 1. The molecule has 0 spiro atoms. The van der Waals surface area contributed by atoms with Crippen LogP contribution in [0.1, 0.15) is 19.8 Å². The number of likely N-dealkylation sites (tertiary alicyclic amines) is 1. The molecule has 1 aliphatic rings. The Hall–Kier alpha value is -0.260. The van der Waals surface area contributed by atoms with Gasteiger partial charge < -0.3 is 0 Å². The van der Waals surface area contributed by atoms with Gasteiger partial charge in [0, 0.05) is 12.6 Å². The molecule has 0 aromatic heterocycles. The highest BCUT2D eigenvalue weighted by Crippen LogP contribution is 2.17. The average Bonchev–Trinajstić information content (AvgIpc) is 2.37. The monoisotopic (exact) mass is 172 g/mol. The number of hydrogen-bond donors (Lipinski definition) is 0. The first-order valence-corrected chi connectivity index (χ1v) is 4.45. The molecule has 1 fully saturated rings. The summed E-state index contributed by atoms with van der Waals surface area (Å²) in [5, 5.41) is 8.14. The molecule has 3 heteroatoms. The van der Waals surface area contributed by atoms with Crippen molar-refractivity contribution in [3.8, 4) is 6.07 Å². The Balaban J connectivity index is 2.32. The molecule has 0 amide bonds. The van der Waals surface area contributed by atoms with Gasteiger partial charge >= 0.3 is 0 Å². The molecular formula is C8H13ClN2. The van der Waals surface area contributed by atoms with Crippen LogP contribution in [0.5, 0.6) is 0 Å². The van der Waals surface area contributed by atoms with Gasteiger partial charge in [0.15, 0.2) is 0 Å². The molecule has 0 aromatic carbocycles. The van der Waals surface area contributed by atoms with Gasteiger partial charge in [-0.25, -0.2) is 0 Å². The van der Waals surface area contributed by atoms with Crippen molar-refractivity contribution in [2.24, 2.45) is 0 Å². The lowest BCUT2D eigenvalue weighted by molar-refractivity contribution is 0.277. The molecular weight excluding hydrogens is 160 g/mol. The second-order valence-corrected chi connectivity index (χ2v) is 3.61. The SMILES string of the molecule is CC1CCCN1CC(Cl)C#N. The lowest BCUT2D eigenvalue weighted by Crippen LogP contribution is -2.32. The van der Waals surface area contributed by atoms with E-state index < -0.39 is 0 Å². The van der Waals surface area contributed by atoms with Gasteiger partial charge in [-0.3, -0.25) is 4.90 Å². The minimum Gasteiger partial charge on any atom is -0.298 e. The predicted octanol–water partition coefficient (Wildman–Crippen LogP) is 1.60. The number of hydrogen-bond acceptors (Lipinski definition) is 2. The lowest BCUT2D eigenvalue weighted by Gasteiger charge is -2.20. The van der Waals surface area contributed by atoms with Crippen molar-refractivity contribution >= 4 is 11.6 Å². The zero-order chi connectivity index (χ0) is 8.27. The predicted molar refractivity (Wildman–Crippen MR) is 45.5 cm³/mol. The maximum absolute atomic E-state index is 8.47. The van der Waals surface area contributed by atoms with Crippen molar-refractivity contribution in [1.29, 1.82) is 5.26 Å². The standard InChI is InChI=1S/C8H13ClN2/c1-7-3-2-4-11(7)6-8(9)5-10/h7-8H,2-4,6H2,1H3. The zero-order valence-electron chi connectivity index (χ0n) is 6.76. The summed E-state index contributed by atoms with van der Waals surface area (Å²) >= 11 is 5.71. The third-order valence-electron chi connectivity index (χ3n) is 2.23. The van der Waals surface area contributed by atoms with Gasteiger partial charge in [0.1, 0.15) is 5.38 Å². The second-order valence-electron chi connectivity index (χ2n) is 3.08. The van der Waals surface area contributed by atoms with Gasteiger partial charge in [-0.1, -0.05) is 0 Å². The van der Waals surface area contributed by atoms with Crippen molar-refractivity contribution in [2.75, 3.05) is 13.1 Å². The summed E-state index contributed by atoms with van der Waals surface area (Å²) in [6, 6.07) is 2.65. The molecule has 1 heterocycles. The fourth-order valence-electron chi connectivity index (χ4n) is 1.51. The van der Waals surface area contributed by atoms with Crippen molar-refractivity contribution in [2.45, 2.75) is 31.2 Å². The Labute approximate surface area is 72.7 Å². The summed E-state index contributed by atoms with van der Waals surface area (Å²) < 4.78 is 0. The number of nitrogens with zero attached hydrogens (tertiary/aromatic N) is 2. The molecule has 2 unspecified atom stereocenters. The van der Waals surface area contributed by atoms with Crippen molar-refractivity contribution in [3.05, 3.63) is 0 Å². The first-order valence-electron chi connectivity index (χ1n) is 4.02. The fraction of sp³-hybridized carbons (Fsp3) is 0.875. The average molecular weight is 173 g/mol. The van der Waals surface area contributed by atoms with Crippen LogP contribution in [0.4, 0.5) is 0 Å². The molecule has 0 aromatic rings. The smallest absolute Gasteiger partial charge is 0.133 e. The van der Waals surface area contributed by atoms with Crippen LogP contribution in [0, 0.1) is 11.3 Å². The van der Waals surface area contributed by atoms with Crippen LogP contribution in [-0.2, 0) is 0 Å². The maximum Gasteiger partial charge on any atom is 0.133 e. The van der Waals surface area contributed by atoms with Crippen LogP contribution in [0.15, 0.2) is 0 Å². The van der Waals surface area contributed by atoms with Crippen molar-refractivity contribution in [1.82, 2.24) is 4.90 Å². The molecule has 0 aliphatic carbocycles. The van der Waals surface area contributed by atoms with Gasteiger partial charge in [0.2, 0.25) is 0 Å². The van der Waals surface area contributed by atoms with E-state index in [1.165, 1.54) is 12.8 Å². The van der Waals surface area contributed by atoms with Crippen LogP contribution in [0.2, 0.25) is 0 Å². The Bertz CT molecular complexity index is 164.